The van der Waals surface area contributed by atoms with Gasteiger partial charge in [0.25, 0.3) is 0 Å². The SMILES string of the molecule is CN1CCCN(C)C1Cl. The van der Waals surface area contributed by atoms with E-state index in [-0.39, 0.29) is 5.62 Å². The molecule has 1 aliphatic heterocycles. The summed E-state index contributed by atoms with van der Waals surface area (Å²) in [4.78, 5) is 4.29. The van der Waals surface area contributed by atoms with Crippen molar-refractivity contribution < 1.29 is 0 Å². The highest BCUT2D eigenvalue weighted by Gasteiger charge is 2.20. The van der Waals surface area contributed by atoms with Crippen LogP contribution in [0.15, 0.2) is 0 Å². The molecule has 0 aromatic carbocycles. The molecule has 0 saturated carbocycles. The zero-order valence-corrected chi connectivity index (χ0v) is 6.73. The molecule has 1 saturated heterocycles. The second kappa shape index (κ2) is 2.86. The Labute approximate surface area is 61.4 Å². The first-order chi connectivity index (χ1) is 4.22. The number of nitrogens with zero attached hydrogens (tertiary/aromatic N) is 2. The van der Waals surface area contributed by atoms with Crippen LogP contribution in [0, 0.1) is 0 Å². The Morgan fingerprint density at radius 2 is 1.67 bits per heavy atom. The fraction of sp³-hybridized carbons (Fsp3) is 1.00. The second-order valence-corrected chi connectivity index (χ2v) is 3.02. The standard InChI is InChI=1S/C6H13ClN2/c1-8-4-3-5-9(2)6(8)7/h6H,3-5H2,1-2H3. The molecule has 2 nitrogen and oxygen atoms in total. The van der Waals surface area contributed by atoms with Crippen LogP contribution in [0.2, 0.25) is 0 Å². The molecule has 0 amide bonds. The largest absolute Gasteiger partial charge is 0.278 e. The van der Waals surface area contributed by atoms with Gasteiger partial charge >= 0.3 is 0 Å². The molecule has 3 heteroatoms. The van der Waals surface area contributed by atoms with Crippen LogP contribution in [0.3, 0.4) is 0 Å². The molecule has 0 unspecified atom stereocenters. The fourth-order valence-corrected chi connectivity index (χ4v) is 1.31. The van der Waals surface area contributed by atoms with Crippen molar-refractivity contribution in [3.8, 4) is 0 Å². The molecule has 1 heterocycles. The summed E-state index contributed by atoms with van der Waals surface area (Å²) in [7, 11) is 4.10. The van der Waals surface area contributed by atoms with Crippen molar-refractivity contribution in [3.05, 3.63) is 0 Å². The van der Waals surface area contributed by atoms with E-state index in [4.69, 9.17) is 11.6 Å². The van der Waals surface area contributed by atoms with Gasteiger partial charge in [0.05, 0.1) is 0 Å². The Kier molecular flexibility index (Phi) is 2.33. The van der Waals surface area contributed by atoms with E-state index in [1.54, 1.807) is 0 Å². The van der Waals surface area contributed by atoms with E-state index in [0.29, 0.717) is 0 Å². The van der Waals surface area contributed by atoms with Crippen LogP contribution in [0.1, 0.15) is 6.42 Å². The predicted molar refractivity (Wildman–Crippen MR) is 39.5 cm³/mol. The smallest absolute Gasteiger partial charge is 0.139 e. The third kappa shape index (κ3) is 1.57. The van der Waals surface area contributed by atoms with E-state index in [2.05, 4.69) is 9.80 Å². The molecule has 0 atom stereocenters. The van der Waals surface area contributed by atoms with E-state index in [1.165, 1.54) is 6.42 Å². The van der Waals surface area contributed by atoms with Crippen LogP contribution in [0.4, 0.5) is 0 Å². The molecule has 9 heavy (non-hydrogen) atoms. The Balaban J connectivity index is 2.41. The van der Waals surface area contributed by atoms with E-state index >= 15 is 0 Å². The van der Waals surface area contributed by atoms with Gasteiger partial charge in [-0.25, -0.2) is 0 Å². The minimum absolute atomic E-state index is 0.110. The van der Waals surface area contributed by atoms with Gasteiger partial charge in [-0.3, -0.25) is 9.80 Å². The first-order valence-electron chi connectivity index (χ1n) is 3.26. The Morgan fingerprint density at radius 3 is 2.00 bits per heavy atom. The van der Waals surface area contributed by atoms with Gasteiger partial charge < -0.3 is 0 Å². The molecule has 0 radical (unpaired) electrons. The highest BCUT2D eigenvalue weighted by Crippen LogP contribution is 2.12. The molecule has 1 aliphatic rings. The summed E-state index contributed by atoms with van der Waals surface area (Å²) in [5.74, 6) is 0. The number of alkyl halides is 1. The van der Waals surface area contributed by atoms with Crippen molar-refractivity contribution in [2.24, 2.45) is 0 Å². The monoisotopic (exact) mass is 148 g/mol. The molecule has 0 aromatic heterocycles. The summed E-state index contributed by atoms with van der Waals surface area (Å²) in [5.41, 5.74) is 0.110. The third-order valence-corrected chi connectivity index (χ3v) is 2.42. The highest BCUT2D eigenvalue weighted by atomic mass is 35.5. The van der Waals surface area contributed by atoms with Gasteiger partial charge in [-0.2, -0.15) is 0 Å². The summed E-state index contributed by atoms with van der Waals surface area (Å²) in [5, 5.41) is 0. The zero-order valence-electron chi connectivity index (χ0n) is 5.97. The zero-order chi connectivity index (χ0) is 6.85. The lowest BCUT2D eigenvalue weighted by atomic mass is 10.3. The highest BCUT2D eigenvalue weighted by molar-refractivity contribution is 6.20. The Morgan fingerprint density at radius 1 is 1.22 bits per heavy atom. The summed E-state index contributed by atoms with van der Waals surface area (Å²) in [6.45, 7) is 2.25. The lowest BCUT2D eigenvalue weighted by Crippen LogP contribution is -2.46. The molecule has 1 rings (SSSR count). The second-order valence-electron chi connectivity index (χ2n) is 2.63. The predicted octanol–water partition coefficient (Wildman–Crippen LogP) is 0.776. The van der Waals surface area contributed by atoms with E-state index < -0.39 is 0 Å². The lowest BCUT2D eigenvalue weighted by molar-refractivity contribution is 0.101. The summed E-state index contributed by atoms with van der Waals surface area (Å²) in [6, 6.07) is 0. The summed E-state index contributed by atoms with van der Waals surface area (Å²) in [6.07, 6.45) is 1.23. The van der Waals surface area contributed by atoms with E-state index in [9.17, 15) is 0 Å². The minimum Gasteiger partial charge on any atom is -0.278 e. The molecular weight excluding hydrogens is 136 g/mol. The van der Waals surface area contributed by atoms with Crippen LogP contribution < -0.4 is 0 Å². The van der Waals surface area contributed by atoms with Crippen molar-refractivity contribution >= 4 is 11.6 Å². The summed E-state index contributed by atoms with van der Waals surface area (Å²) < 4.78 is 0. The van der Waals surface area contributed by atoms with Crippen molar-refractivity contribution in [2.75, 3.05) is 27.2 Å². The van der Waals surface area contributed by atoms with Crippen LogP contribution in [-0.2, 0) is 0 Å². The van der Waals surface area contributed by atoms with Gasteiger partial charge in [0.2, 0.25) is 0 Å². The maximum atomic E-state index is 5.97. The average Bonchev–Trinajstić information content (AvgIpc) is 1.83. The number of halogens is 1. The van der Waals surface area contributed by atoms with Gasteiger partial charge in [0.1, 0.15) is 5.62 Å². The fourth-order valence-electron chi connectivity index (χ4n) is 1.12. The van der Waals surface area contributed by atoms with Crippen LogP contribution in [0.5, 0.6) is 0 Å². The van der Waals surface area contributed by atoms with E-state index in [0.717, 1.165) is 13.1 Å². The first-order valence-corrected chi connectivity index (χ1v) is 3.70. The lowest BCUT2D eigenvalue weighted by Gasteiger charge is -2.35. The van der Waals surface area contributed by atoms with Crippen LogP contribution in [-0.4, -0.2) is 42.6 Å². The molecule has 54 valence electrons. The maximum Gasteiger partial charge on any atom is 0.139 e. The third-order valence-electron chi connectivity index (χ3n) is 1.75. The Hall–Kier alpha value is 0.210. The molecule has 0 spiro atoms. The van der Waals surface area contributed by atoms with Crippen molar-refractivity contribution in [1.82, 2.24) is 9.80 Å². The Bertz CT molecular complexity index is 87.1. The molecule has 0 aromatic rings. The first kappa shape index (κ1) is 7.32. The maximum absolute atomic E-state index is 5.97. The van der Waals surface area contributed by atoms with Gasteiger partial charge in [-0.15, -0.1) is 0 Å². The minimum atomic E-state index is 0.110. The van der Waals surface area contributed by atoms with Crippen LogP contribution >= 0.6 is 11.6 Å². The normalized spacial score (nSPS) is 27.0. The molecule has 0 bridgehead atoms. The van der Waals surface area contributed by atoms with Gasteiger partial charge in [-0.05, 0) is 20.5 Å². The van der Waals surface area contributed by atoms with Gasteiger partial charge in [-0.1, -0.05) is 11.6 Å². The molecule has 0 N–H and O–H groups in total. The summed E-state index contributed by atoms with van der Waals surface area (Å²) >= 11 is 5.97. The quantitative estimate of drug-likeness (QED) is 0.370. The number of hydrogen-bond donors (Lipinski definition) is 0. The van der Waals surface area contributed by atoms with Gasteiger partial charge in [0.15, 0.2) is 0 Å². The molecule has 0 aliphatic carbocycles. The number of rotatable bonds is 0. The molecular formula is C6H13ClN2. The molecule has 1 fully saturated rings. The van der Waals surface area contributed by atoms with Crippen molar-refractivity contribution in [1.29, 1.82) is 0 Å². The van der Waals surface area contributed by atoms with Crippen molar-refractivity contribution in [3.63, 3.8) is 0 Å². The topological polar surface area (TPSA) is 6.48 Å². The number of hydrogen-bond acceptors (Lipinski definition) is 2. The van der Waals surface area contributed by atoms with Crippen molar-refractivity contribution in [2.45, 2.75) is 12.0 Å². The van der Waals surface area contributed by atoms with Gasteiger partial charge in [0, 0.05) is 13.1 Å². The van der Waals surface area contributed by atoms with Crippen LogP contribution in [0.25, 0.3) is 0 Å². The van der Waals surface area contributed by atoms with E-state index in [1.807, 2.05) is 14.1 Å². The average molecular weight is 149 g/mol.